The molecular formula is C24H30B3N3O6S2. The van der Waals surface area contributed by atoms with Gasteiger partial charge in [-0.1, -0.05) is 0 Å². The second-order valence-electron chi connectivity index (χ2n) is 11.3. The number of benzene rings is 1. The molecule has 3 aromatic rings. The van der Waals surface area contributed by atoms with Gasteiger partial charge in [0.15, 0.2) is 15.5 Å². The zero-order chi connectivity index (χ0) is 27.6. The molecule has 38 heavy (non-hydrogen) atoms. The first-order valence-corrected chi connectivity index (χ1v) is 14.9. The van der Waals surface area contributed by atoms with Gasteiger partial charge in [-0.05, 0) is 43.5 Å². The molecule has 2 aliphatic heterocycles. The summed E-state index contributed by atoms with van der Waals surface area (Å²) in [5, 5.41) is 7.57. The second kappa shape index (κ2) is 9.20. The predicted octanol–water partition coefficient (Wildman–Crippen LogP) is 0.426. The summed E-state index contributed by atoms with van der Waals surface area (Å²) < 4.78 is 45.3. The molecule has 0 radical (unpaired) electrons. The van der Waals surface area contributed by atoms with Crippen molar-refractivity contribution in [2.45, 2.75) is 48.3 Å². The predicted molar refractivity (Wildman–Crippen MR) is 154 cm³/mol. The summed E-state index contributed by atoms with van der Waals surface area (Å²) in [6.45, 7) is 6.28. The lowest BCUT2D eigenvalue weighted by Gasteiger charge is -2.53. The van der Waals surface area contributed by atoms with Crippen LogP contribution in [0.25, 0.3) is 16.9 Å². The zero-order valence-corrected chi connectivity index (χ0v) is 24.3. The molecule has 1 saturated heterocycles. The number of carbonyl (C=O) groups is 1. The standard InChI is InChI=1S/C24H30B3N3O6S2/c1-13(2)38(32,33)19-7-15-17(8-18(19)34-4)36-9-16-20(28-29(21(15)16)14-5-6-37-10-14)22(31)30(24(25,26)27)23(3)11-35-12-23/h5-8,10,13H,9,11-12,25-27H2,1-4H3. The van der Waals surface area contributed by atoms with Gasteiger partial charge < -0.3 is 19.1 Å². The van der Waals surface area contributed by atoms with Gasteiger partial charge in [-0.25, -0.2) is 13.1 Å². The minimum atomic E-state index is -3.68. The lowest BCUT2D eigenvalue weighted by molar-refractivity contribution is -0.117. The van der Waals surface area contributed by atoms with Crippen molar-refractivity contribution in [1.82, 2.24) is 14.7 Å². The van der Waals surface area contributed by atoms with Gasteiger partial charge in [0.2, 0.25) is 0 Å². The van der Waals surface area contributed by atoms with Crippen LogP contribution in [-0.2, 0) is 21.2 Å². The van der Waals surface area contributed by atoms with Gasteiger partial charge in [-0.2, -0.15) is 16.4 Å². The number of sulfone groups is 1. The van der Waals surface area contributed by atoms with Crippen LogP contribution in [0.2, 0.25) is 0 Å². The van der Waals surface area contributed by atoms with E-state index in [1.54, 1.807) is 30.7 Å². The van der Waals surface area contributed by atoms with Crippen LogP contribution in [0, 0.1) is 0 Å². The number of rotatable bonds is 7. The molecule has 2 aromatic heterocycles. The minimum Gasteiger partial charge on any atom is -0.495 e. The molecule has 4 heterocycles. The van der Waals surface area contributed by atoms with Crippen LogP contribution in [-0.4, -0.2) is 88.9 Å². The van der Waals surface area contributed by atoms with E-state index >= 15 is 0 Å². The molecule has 0 aliphatic carbocycles. The van der Waals surface area contributed by atoms with Crippen molar-refractivity contribution >= 4 is 50.6 Å². The van der Waals surface area contributed by atoms with Crippen LogP contribution >= 0.6 is 11.3 Å². The molecule has 5 rings (SSSR count). The largest absolute Gasteiger partial charge is 0.495 e. The van der Waals surface area contributed by atoms with Crippen molar-refractivity contribution in [3.05, 3.63) is 40.2 Å². The molecule has 1 fully saturated rings. The average molecular weight is 553 g/mol. The van der Waals surface area contributed by atoms with Crippen LogP contribution < -0.4 is 9.47 Å². The Kier molecular flexibility index (Phi) is 6.51. The first-order valence-electron chi connectivity index (χ1n) is 12.5. The van der Waals surface area contributed by atoms with Crippen LogP contribution in [0.4, 0.5) is 0 Å². The van der Waals surface area contributed by atoms with Gasteiger partial charge in [0.1, 0.15) is 46.5 Å². The Bertz CT molecular complexity index is 1510. The molecule has 1 amide bonds. The van der Waals surface area contributed by atoms with Crippen molar-refractivity contribution in [3.63, 3.8) is 0 Å². The number of methoxy groups -OCH3 is 1. The van der Waals surface area contributed by atoms with Gasteiger partial charge in [0.25, 0.3) is 5.91 Å². The number of carbonyl (C=O) groups excluding carboxylic acids is 1. The van der Waals surface area contributed by atoms with Gasteiger partial charge in [0.05, 0.1) is 42.5 Å². The van der Waals surface area contributed by atoms with Gasteiger partial charge in [-0.3, -0.25) is 4.79 Å². The van der Waals surface area contributed by atoms with Crippen molar-refractivity contribution < 1.29 is 27.4 Å². The second-order valence-corrected chi connectivity index (χ2v) is 14.5. The van der Waals surface area contributed by atoms with Gasteiger partial charge in [0, 0.05) is 22.6 Å². The van der Waals surface area contributed by atoms with E-state index in [9.17, 15) is 13.2 Å². The number of aromatic nitrogens is 2. The molecular weight excluding hydrogens is 523 g/mol. The van der Waals surface area contributed by atoms with E-state index in [4.69, 9.17) is 19.3 Å². The van der Waals surface area contributed by atoms with Crippen LogP contribution in [0.1, 0.15) is 36.8 Å². The van der Waals surface area contributed by atoms with E-state index < -0.39 is 25.9 Å². The number of ether oxygens (including phenoxy) is 3. The lowest BCUT2D eigenvalue weighted by Crippen LogP contribution is -2.70. The highest BCUT2D eigenvalue weighted by Crippen LogP contribution is 2.45. The van der Waals surface area contributed by atoms with Crippen molar-refractivity contribution in [2.24, 2.45) is 0 Å². The third-order valence-corrected chi connectivity index (χ3v) is 9.84. The van der Waals surface area contributed by atoms with E-state index in [2.05, 4.69) is 0 Å². The Morgan fingerprint density at radius 1 is 1.29 bits per heavy atom. The monoisotopic (exact) mass is 553 g/mol. The summed E-state index contributed by atoms with van der Waals surface area (Å²) in [5.74, 6) is 0.471. The Morgan fingerprint density at radius 2 is 2.00 bits per heavy atom. The maximum atomic E-state index is 14.2. The molecule has 0 unspecified atom stereocenters. The zero-order valence-electron chi connectivity index (χ0n) is 22.7. The average Bonchev–Trinajstić information content (AvgIpc) is 3.49. The first kappa shape index (κ1) is 26.9. The molecule has 2 aliphatic rings. The molecule has 0 spiro atoms. The third-order valence-electron chi connectivity index (χ3n) is 7.00. The smallest absolute Gasteiger partial charge is 0.273 e. The topological polar surface area (TPSA) is 100.0 Å². The van der Waals surface area contributed by atoms with E-state index in [1.807, 2.05) is 52.2 Å². The molecule has 1 aromatic carbocycles. The Morgan fingerprint density at radius 3 is 2.53 bits per heavy atom. The molecule has 0 N–H and O–H groups in total. The fourth-order valence-corrected chi connectivity index (χ4v) is 7.05. The number of thiophene rings is 1. The van der Waals surface area contributed by atoms with E-state index in [0.717, 1.165) is 5.69 Å². The highest BCUT2D eigenvalue weighted by Gasteiger charge is 2.48. The van der Waals surface area contributed by atoms with E-state index in [-0.39, 0.29) is 28.9 Å². The molecule has 0 atom stereocenters. The molecule has 0 saturated carbocycles. The summed E-state index contributed by atoms with van der Waals surface area (Å²) >= 11 is 1.51. The minimum absolute atomic E-state index is 0.0755. The normalized spacial score (nSPS) is 16.2. The van der Waals surface area contributed by atoms with Crippen molar-refractivity contribution in [3.8, 4) is 28.4 Å². The molecule has 14 heteroatoms. The Labute approximate surface area is 229 Å². The first-order chi connectivity index (χ1) is 17.8. The van der Waals surface area contributed by atoms with Gasteiger partial charge >= 0.3 is 0 Å². The number of amides is 1. The van der Waals surface area contributed by atoms with Crippen molar-refractivity contribution in [1.29, 1.82) is 0 Å². The SMILES string of the molecule is BC(B)(B)N(C(=O)c1nn(-c2ccsc2)c2c1COc1cc(OC)c(S(=O)(=O)C(C)C)cc1-2)C1(C)COC1. The van der Waals surface area contributed by atoms with Crippen LogP contribution in [0.5, 0.6) is 11.5 Å². The van der Waals surface area contributed by atoms with Crippen LogP contribution in [0.15, 0.2) is 33.9 Å². The fourth-order valence-electron chi connectivity index (χ4n) is 5.22. The summed E-state index contributed by atoms with van der Waals surface area (Å²) in [6.07, 6.45) is 0. The fraction of sp³-hybridized carbons (Fsp3) is 0.417. The van der Waals surface area contributed by atoms with Crippen molar-refractivity contribution in [2.75, 3.05) is 20.3 Å². The molecule has 198 valence electrons. The van der Waals surface area contributed by atoms with E-state index in [0.29, 0.717) is 35.8 Å². The number of nitrogens with zero attached hydrogens (tertiary/aromatic N) is 3. The highest BCUT2D eigenvalue weighted by atomic mass is 32.2. The molecule has 9 nitrogen and oxygen atoms in total. The Hall–Kier alpha value is -2.70. The van der Waals surface area contributed by atoms with Crippen LogP contribution in [0.3, 0.4) is 0 Å². The summed E-state index contributed by atoms with van der Waals surface area (Å²) in [6, 6.07) is 5.11. The number of fused-ring (bicyclic) bond motifs is 3. The summed E-state index contributed by atoms with van der Waals surface area (Å²) in [4.78, 5) is 16.2. The van der Waals surface area contributed by atoms with Gasteiger partial charge in [-0.15, -0.1) is 0 Å². The summed E-state index contributed by atoms with van der Waals surface area (Å²) in [7, 11) is 3.75. The molecule has 0 bridgehead atoms. The van der Waals surface area contributed by atoms with E-state index in [1.165, 1.54) is 18.4 Å². The maximum absolute atomic E-state index is 14.2. The number of hydrogen-bond acceptors (Lipinski definition) is 8. The third kappa shape index (κ3) is 4.17. The quantitative estimate of drug-likeness (QED) is 0.392. The summed E-state index contributed by atoms with van der Waals surface area (Å²) in [5.41, 5.74) is 2.40. The highest BCUT2D eigenvalue weighted by molar-refractivity contribution is 7.92. The Balaban J connectivity index is 1.76. The maximum Gasteiger partial charge on any atom is 0.273 e. The lowest BCUT2D eigenvalue weighted by atomic mass is 9.47. The number of hydrogen-bond donors (Lipinski definition) is 0.